The van der Waals surface area contributed by atoms with Crippen molar-refractivity contribution in [2.75, 3.05) is 13.1 Å². The lowest BCUT2D eigenvalue weighted by atomic mass is 10.1. The molecule has 0 heterocycles. The van der Waals surface area contributed by atoms with Crippen LogP contribution in [0.15, 0.2) is 4.99 Å². The topological polar surface area (TPSA) is 41.6 Å². The zero-order chi connectivity index (χ0) is 11.4. The zero-order valence-electron chi connectivity index (χ0n) is 10.5. The number of rotatable bonds is 5. The van der Waals surface area contributed by atoms with Gasteiger partial charge >= 0.3 is 0 Å². The minimum absolute atomic E-state index is 0.520. The lowest BCUT2D eigenvalue weighted by molar-refractivity contribution is 0.324. The average Bonchev–Trinajstić information content (AvgIpc) is 2.85. The van der Waals surface area contributed by atoms with E-state index in [0.717, 1.165) is 19.0 Å². The maximum atomic E-state index is 6.03. The molecule has 1 rings (SSSR count). The maximum Gasteiger partial charge on any atom is 0.191 e. The number of hydrogen-bond acceptors (Lipinski definition) is 1. The van der Waals surface area contributed by atoms with Gasteiger partial charge in [-0.05, 0) is 24.7 Å². The monoisotopic (exact) mass is 211 g/mol. The molecule has 1 fully saturated rings. The summed E-state index contributed by atoms with van der Waals surface area (Å²) in [5.41, 5.74) is 6.03. The molecule has 1 aliphatic carbocycles. The summed E-state index contributed by atoms with van der Waals surface area (Å²) in [6, 6.07) is 0.520. The molecule has 2 N–H and O–H groups in total. The SMILES string of the molecule is CC(C)CN(CC(C)C)C(N)=NC1CC1. The first kappa shape index (κ1) is 12.3. The second kappa shape index (κ2) is 5.38. The molecule has 3 heteroatoms. The van der Waals surface area contributed by atoms with Crippen LogP contribution in [0.25, 0.3) is 0 Å². The van der Waals surface area contributed by atoms with Crippen molar-refractivity contribution in [2.24, 2.45) is 22.6 Å². The molecule has 88 valence electrons. The third-order valence-corrected chi connectivity index (χ3v) is 2.36. The predicted octanol–water partition coefficient (Wildman–Crippen LogP) is 2.08. The van der Waals surface area contributed by atoms with Crippen LogP contribution in [0.4, 0.5) is 0 Å². The Hall–Kier alpha value is -0.730. The van der Waals surface area contributed by atoms with Crippen molar-refractivity contribution < 1.29 is 0 Å². The number of guanidine groups is 1. The Morgan fingerprint density at radius 2 is 1.67 bits per heavy atom. The molecule has 1 saturated carbocycles. The maximum absolute atomic E-state index is 6.03. The summed E-state index contributed by atoms with van der Waals surface area (Å²) in [4.78, 5) is 6.75. The van der Waals surface area contributed by atoms with E-state index in [1.807, 2.05) is 0 Å². The Bertz CT molecular complexity index is 207. The van der Waals surface area contributed by atoms with Crippen molar-refractivity contribution in [3.63, 3.8) is 0 Å². The quantitative estimate of drug-likeness (QED) is 0.559. The summed E-state index contributed by atoms with van der Waals surface area (Å²) in [5.74, 6) is 2.02. The van der Waals surface area contributed by atoms with Crippen LogP contribution >= 0.6 is 0 Å². The van der Waals surface area contributed by atoms with Gasteiger partial charge in [-0.3, -0.25) is 0 Å². The van der Waals surface area contributed by atoms with Crippen molar-refractivity contribution in [3.05, 3.63) is 0 Å². The smallest absolute Gasteiger partial charge is 0.191 e. The third-order valence-electron chi connectivity index (χ3n) is 2.36. The van der Waals surface area contributed by atoms with E-state index in [1.165, 1.54) is 12.8 Å². The first-order chi connectivity index (χ1) is 6.99. The zero-order valence-corrected chi connectivity index (χ0v) is 10.5. The van der Waals surface area contributed by atoms with Gasteiger partial charge in [0.15, 0.2) is 5.96 Å². The highest BCUT2D eigenvalue weighted by atomic mass is 15.3. The second-order valence-corrected chi connectivity index (χ2v) is 5.41. The van der Waals surface area contributed by atoms with E-state index >= 15 is 0 Å². The van der Waals surface area contributed by atoms with E-state index in [-0.39, 0.29) is 0 Å². The molecule has 3 nitrogen and oxygen atoms in total. The van der Waals surface area contributed by atoms with Crippen molar-refractivity contribution in [3.8, 4) is 0 Å². The molecule has 15 heavy (non-hydrogen) atoms. The second-order valence-electron chi connectivity index (χ2n) is 5.41. The van der Waals surface area contributed by atoms with Crippen LogP contribution < -0.4 is 5.73 Å². The summed E-state index contributed by atoms with van der Waals surface area (Å²) >= 11 is 0. The molecule has 0 aliphatic heterocycles. The summed E-state index contributed by atoms with van der Waals surface area (Å²) in [6.07, 6.45) is 2.44. The Morgan fingerprint density at radius 3 is 2.00 bits per heavy atom. The van der Waals surface area contributed by atoms with Gasteiger partial charge in [0.25, 0.3) is 0 Å². The van der Waals surface area contributed by atoms with Crippen LogP contribution in [0.2, 0.25) is 0 Å². The summed E-state index contributed by atoms with van der Waals surface area (Å²) in [6.45, 7) is 10.9. The first-order valence-corrected chi connectivity index (χ1v) is 6.07. The van der Waals surface area contributed by atoms with E-state index in [9.17, 15) is 0 Å². The fraction of sp³-hybridized carbons (Fsp3) is 0.917. The minimum Gasteiger partial charge on any atom is -0.370 e. The summed E-state index contributed by atoms with van der Waals surface area (Å²) < 4.78 is 0. The Labute approximate surface area is 93.7 Å². The molecule has 0 saturated heterocycles. The van der Waals surface area contributed by atoms with E-state index in [1.54, 1.807) is 0 Å². The molecule has 0 aromatic rings. The Morgan fingerprint density at radius 1 is 1.20 bits per heavy atom. The van der Waals surface area contributed by atoms with Crippen molar-refractivity contribution in [1.29, 1.82) is 0 Å². The molecule has 0 radical (unpaired) electrons. The lowest BCUT2D eigenvalue weighted by Gasteiger charge is -2.27. The molecule has 0 aromatic heterocycles. The Kier molecular flexibility index (Phi) is 4.43. The normalized spacial score (nSPS) is 17.6. The van der Waals surface area contributed by atoms with Crippen molar-refractivity contribution >= 4 is 5.96 Å². The molecule has 0 spiro atoms. The third kappa shape index (κ3) is 5.05. The van der Waals surface area contributed by atoms with Gasteiger partial charge in [0, 0.05) is 13.1 Å². The van der Waals surface area contributed by atoms with E-state index in [2.05, 4.69) is 37.6 Å². The van der Waals surface area contributed by atoms with Crippen LogP contribution in [0.1, 0.15) is 40.5 Å². The van der Waals surface area contributed by atoms with Crippen LogP contribution in [-0.2, 0) is 0 Å². The van der Waals surface area contributed by atoms with Gasteiger partial charge in [0.05, 0.1) is 6.04 Å². The van der Waals surface area contributed by atoms with E-state index in [4.69, 9.17) is 5.73 Å². The van der Waals surface area contributed by atoms with Gasteiger partial charge in [-0.15, -0.1) is 0 Å². The average molecular weight is 211 g/mol. The molecular formula is C12H25N3. The van der Waals surface area contributed by atoms with E-state index < -0.39 is 0 Å². The van der Waals surface area contributed by atoms with Crippen LogP contribution in [-0.4, -0.2) is 30.0 Å². The molecule has 0 bridgehead atoms. The van der Waals surface area contributed by atoms with Gasteiger partial charge < -0.3 is 10.6 Å². The Balaban J connectivity index is 2.52. The minimum atomic E-state index is 0.520. The fourth-order valence-corrected chi connectivity index (χ4v) is 1.62. The largest absolute Gasteiger partial charge is 0.370 e. The van der Waals surface area contributed by atoms with Gasteiger partial charge in [-0.2, -0.15) is 0 Å². The van der Waals surface area contributed by atoms with Crippen molar-refractivity contribution in [1.82, 2.24) is 4.90 Å². The summed E-state index contributed by atoms with van der Waals surface area (Å²) in [7, 11) is 0. The van der Waals surface area contributed by atoms with Gasteiger partial charge in [0.2, 0.25) is 0 Å². The molecule has 0 amide bonds. The van der Waals surface area contributed by atoms with Gasteiger partial charge in [-0.1, -0.05) is 27.7 Å². The highest BCUT2D eigenvalue weighted by Gasteiger charge is 2.22. The molecule has 0 atom stereocenters. The highest BCUT2D eigenvalue weighted by Crippen LogP contribution is 2.23. The fourth-order valence-electron chi connectivity index (χ4n) is 1.62. The lowest BCUT2D eigenvalue weighted by Crippen LogP contribution is -2.42. The van der Waals surface area contributed by atoms with Crippen LogP contribution in [0.3, 0.4) is 0 Å². The first-order valence-electron chi connectivity index (χ1n) is 6.07. The molecule has 0 aromatic carbocycles. The molecular weight excluding hydrogens is 186 g/mol. The molecule has 1 aliphatic rings. The van der Waals surface area contributed by atoms with Gasteiger partial charge in [0.1, 0.15) is 0 Å². The molecule has 0 unspecified atom stereocenters. The van der Waals surface area contributed by atoms with E-state index in [0.29, 0.717) is 17.9 Å². The van der Waals surface area contributed by atoms with Crippen molar-refractivity contribution in [2.45, 2.75) is 46.6 Å². The van der Waals surface area contributed by atoms with Crippen LogP contribution in [0.5, 0.6) is 0 Å². The van der Waals surface area contributed by atoms with Crippen LogP contribution in [0, 0.1) is 11.8 Å². The van der Waals surface area contributed by atoms with Gasteiger partial charge in [-0.25, -0.2) is 4.99 Å². The summed E-state index contributed by atoms with van der Waals surface area (Å²) in [5, 5.41) is 0. The number of nitrogens with two attached hydrogens (primary N) is 1. The predicted molar refractivity (Wildman–Crippen MR) is 65.9 cm³/mol. The standard InChI is InChI=1S/C12H25N3/c1-9(2)7-15(8-10(3)4)12(13)14-11-5-6-11/h9-11H,5-8H2,1-4H3,(H2,13,14). The number of aliphatic imine (C=N–C) groups is 1. The highest BCUT2D eigenvalue weighted by molar-refractivity contribution is 5.78. The number of nitrogens with zero attached hydrogens (tertiary/aromatic N) is 2. The number of hydrogen-bond donors (Lipinski definition) is 1.